The lowest BCUT2D eigenvalue weighted by Crippen LogP contribution is -2.22. The zero-order valence-corrected chi connectivity index (χ0v) is 9.91. The van der Waals surface area contributed by atoms with Crippen LogP contribution in [0.2, 0.25) is 0 Å². The molecule has 3 N–H and O–H groups in total. The van der Waals surface area contributed by atoms with Gasteiger partial charge < -0.3 is 10.8 Å². The van der Waals surface area contributed by atoms with Crippen molar-refractivity contribution < 1.29 is 9.90 Å². The predicted molar refractivity (Wildman–Crippen MR) is 70.3 cm³/mol. The van der Waals surface area contributed by atoms with Crippen LogP contribution in [0.25, 0.3) is 0 Å². The lowest BCUT2D eigenvalue weighted by atomic mass is 9.95. The maximum absolute atomic E-state index is 11.0. The molecular formula is C15H15NO2. The Balaban J connectivity index is 2.31. The van der Waals surface area contributed by atoms with Gasteiger partial charge in [-0.05, 0) is 23.1 Å². The summed E-state index contributed by atoms with van der Waals surface area (Å²) in [6.45, 7) is 0. The molecule has 1 unspecified atom stereocenters. The van der Waals surface area contributed by atoms with Crippen molar-refractivity contribution in [3.05, 3.63) is 71.3 Å². The number of carboxylic acid groups (broad SMARTS) is 1. The molecule has 0 fully saturated rings. The second-order valence-corrected chi connectivity index (χ2v) is 4.18. The minimum absolute atomic E-state index is 0.675. The number of nitrogens with two attached hydrogens (primary N) is 1. The van der Waals surface area contributed by atoms with Gasteiger partial charge in [-0.1, -0.05) is 54.6 Å². The molecule has 18 heavy (non-hydrogen) atoms. The summed E-state index contributed by atoms with van der Waals surface area (Å²) in [5.41, 5.74) is 8.47. The summed E-state index contributed by atoms with van der Waals surface area (Å²) in [4.78, 5) is 11.0. The van der Waals surface area contributed by atoms with Crippen LogP contribution in [0.4, 0.5) is 0 Å². The Hall–Kier alpha value is -2.13. The van der Waals surface area contributed by atoms with Gasteiger partial charge in [0.1, 0.15) is 6.04 Å². The summed E-state index contributed by atoms with van der Waals surface area (Å²) < 4.78 is 0. The molecule has 3 heteroatoms. The number of benzene rings is 2. The standard InChI is InChI=1S/C15H15NO2/c16-14(15(17)18)13-9-5-4-8-12(13)10-11-6-2-1-3-7-11/h1-9,14H,10,16H2,(H,17,18). The van der Waals surface area contributed by atoms with Gasteiger partial charge in [-0.2, -0.15) is 0 Å². The van der Waals surface area contributed by atoms with Crippen molar-refractivity contribution in [2.45, 2.75) is 12.5 Å². The quantitative estimate of drug-likeness (QED) is 0.863. The van der Waals surface area contributed by atoms with Gasteiger partial charge in [0, 0.05) is 0 Å². The molecule has 2 aromatic carbocycles. The molecule has 0 aliphatic rings. The summed E-state index contributed by atoms with van der Waals surface area (Å²) in [6, 6.07) is 16.4. The van der Waals surface area contributed by atoms with Gasteiger partial charge in [-0.15, -0.1) is 0 Å². The molecule has 0 aliphatic heterocycles. The molecule has 92 valence electrons. The van der Waals surface area contributed by atoms with E-state index in [1.807, 2.05) is 48.5 Å². The SMILES string of the molecule is NC(C(=O)O)c1ccccc1Cc1ccccc1. The van der Waals surface area contributed by atoms with E-state index in [1.165, 1.54) is 0 Å². The Morgan fingerprint density at radius 1 is 1.06 bits per heavy atom. The summed E-state index contributed by atoms with van der Waals surface area (Å²) in [5, 5.41) is 9.00. The highest BCUT2D eigenvalue weighted by Crippen LogP contribution is 2.19. The third-order valence-corrected chi connectivity index (χ3v) is 2.89. The van der Waals surface area contributed by atoms with E-state index in [0.29, 0.717) is 12.0 Å². The number of carbonyl (C=O) groups is 1. The molecule has 0 aromatic heterocycles. The molecule has 2 aromatic rings. The fraction of sp³-hybridized carbons (Fsp3) is 0.133. The van der Waals surface area contributed by atoms with Gasteiger partial charge in [0.2, 0.25) is 0 Å². The summed E-state index contributed by atoms with van der Waals surface area (Å²) >= 11 is 0. The Labute approximate surface area is 106 Å². The van der Waals surface area contributed by atoms with Crippen molar-refractivity contribution in [2.75, 3.05) is 0 Å². The number of aliphatic carboxylic acids is 1. The smallest absolute Gasteiger partial charge is 0.325 e. The van der Waals surface area contributed by atoms with Gasteiger partial charge in [-0.3, -0.25) is 4.79 Å². The van der Waals surface area contributed by atoms with Crippen LogP contribution in [0.1, 0.15) is 22.7 Å². The normalized spacial score (nSPS) is 12.1. The van der Waals surface area contributed by atoms with Crippen LogP contribution >= 0.6 is 0 Å². The first-order valence-corrected chi connectivity index (χ1v) is 5.78. The van der Waals surface area contributed by atoms with Crippen molar-refractivity contribution in [1.82, 2.24) is 0 Å². The van der Waals surface area contributed by atoms with Crippen molar-refractivity contribution in [3.8, 4) is 0 Å². The Morgan fingerprint density at radius 2 is 1.67 bits per heavy atom. The van der Waals surface area contributed by atoms with E-state index in [9.17, 15) is 4.79 Å². The zero-order valence-electron chi connectivity index (χ0n) is 9.91. The zero-order chi connectivity index (χ0) is 13.0. The van der Waals surface area contributed by atoms with E-state index in [2.05, 4.69) is 0 Å². The topological polar surface area (TPSA) is 63.3 Å². The van der Waals surface area contributed by atoms with Crippen LogP contribution < -0.4 is 5.73 Å². The molecule has 0 bridgehead atoms. The number of rotatable bonds is 4. The van der Waals surface area contributed by atoms with Crippen molar-refractivity contribution in [2.24, 2.45) is 5.73 Å². The highest BCUT2D eigenvalue weighted by Gasteiger charge is 2.17. The molecule has 0 saturated heterocycles. The van der Waals surface area contributed by atoms with E-state index in [4.69, 9.17) is 10.8 Å². The van der Waals surface area contributed by atoms with Gasteiger partial charge in [0.05, 0.1) is 0 Å². The third-order valence-electron chi connectivity index (χ3n) is 2.89. The van der Waals surface area contributed by atoms with Crippen LogP contribution in [0, 0.1) is 0 Å². The summed E-state index contributed by atoms with van der Waals surface area (Å²) in [6.07, 6.45) is 0.692. The number of hydrogen-bond acceptors (Lipinski definition) is 2. The van der Waals surface area contributed by atoms with Gasteiger partial charge in [0.25, 0.3) is 0 Å². The van der Waals surface area contributed by atoms with E-state index in [-0.39, 0.29) is 0 Å². The molecule has 3 nitrogen and oxygen atoms in total. The summed E-state index contributed by atoms with van der Waals surface area (Å²) in [7, 11) is 0. The van der Waals surface area contributed by atoms with Crippen LogP contribution in [0.5, 0.6) is 0 Å². The lowest BCUT2D eigenvalue weighted by Gasteiger charge is -2.13. The fourth-order valence-electron chi connectivity index (χ4n) is 1.95. The van der Waals surface area contributed by atoms with Crippen LogP contribution in [0.15, 0.2) is 54.6 Å². The van der Waals surface area contributed by atoms with E-state index < -0.39 is 12.0 Å². The second-order valence-electron chi connectivity index (χ2n) is 4.18. The average molecular weight is 241 g/mol. The minimum Gasteiger partial charge on any atom is -0.480 e. The Kier molecular flexibility index (Phi) is 3.75. The first-order chi connectivity index (χ1) is 8.68. The number of carboxylic acids is 1. The second kappa shape index (κ2) is 5.47. The molecule has 0 spiro atoms. The maximum atomic E-state index is 11.0. The van der Waals surface area contributed by atoms with Crippen molar-refractivity contribution >= 4 is 5.97 Å². The van der Waals surface area contributed by atoms with Gasteiger partial charge >= 0.3 is 5.97 Å². The van der Waals surface area contributed by atoms with Gasteiger partial charge in [0.15, 0.2) is 0 Å². The molecule has 0 heterocycles. The van der Waals surface area contributed by atoms with Gasteiger partial charge in [-0.25, -0.2) is 0 Å². The molecule has 1 atom stereocenters. The van der Waals surface area contributed by atoms with Crippen LogP contribution in [-0.4, -0.2) is 11.1 Å². The third kappa shape index (κ3) is 2.76. The average Bonchev–Trinajstić information content (AvgIpc) is 2.39. The van der Waals surface area contributed by atoms with E-state index >= 15 is 0 Å². The molecule has 0 radical (unpaired) electrons. The lowest BCUT2D eigenvalue weighted by molar-refractivity contribution is -0.138. The summed E-state index contributed by atoms with van der Waals surface area (Å²) in [5.74, 6) is -1.00. The Bertz CT molecular complexity index is 537. The maximum Gasteiger partial charge on any atom is 0.325 e. The fourth-order valence-corrected chi connectivity index (χ4v) is 1.95. The number of hydrogen-bond donors (Lipinski definition) is 2. The molecule has 0 saturated carbocycles. The first kappa shape index (κ1) is 12.3. The molecule has 0 aliphatic carbocycles. The van der Waals surface area contributed by atoms with Crippen molar-refractivity contribution in [1.29, 1.82) is 0 Å². The minimum atomic E-state index is -1.00. The molecule has 2 rings (SSSR count). The van der Waals surface area contributed by atoms with E-state index in [0.717, 1.165) is 11.1 Å². The van der Waals surface area contributed by atoms with Crippen molar-refractivity contribution in [3.63, 3.8) is 0 Å². The molecule has 0 amide bonds. The highest BCUT2D eigenvalue weighted by atomic mass is 16.4. The van der Waals surface area contributed by atoms with Crippen LogP contribution in [0.3, 0.4) is 0 Å². The largest absolute Gasteiger partial charge is 0.480 e. The van der Waals surface area contributed by atoms with E-state index in [1.54, 1.807) is 6.07 Å². The van der Waals surface area contributed by atoms with Crippen LogP contribution in [-0.2, 0) is 11.2 Å². The monoisotopic (exact) mass is 241 g/mol. The molecular weight excluding hydrogens is 226 g/mol. The predicted octanol–water partition coefficient (Wildman–Crippen LogP) is 2.36. The first-order valence-electron chi connectivity index (χ1n) is 5.78. The highest BCUT2D eigenvalue weighted by molar-refractivity contribution is 5.75. The Morgan fingerprint density at radius 3 is 2.33 bits per heavy atom.